The normalized spacial score (nSPS) is 23.1. The summed E-state index contributed by atoms with van der Waals surface area (Å²) in [6.07, 6.45) is 2.47. The topological polar surface area (TPSA) is 96.2 Å². The lowest BCUT2D eigenvalue weighted by molar-refractivity contribution is -0.428. The summed E-state index contributed by atoms with van der Waals surface area (Å²) < 4.78 is 14.2. The van der Waals surface area contributed by atoms with E-state index in [0.717, 1.165) is 42.9 Å². The minimum Gasteiger partial charge on any atom is -0.465 e. The number of aliphatic hydroxyl groups is 1. The van der Waals surface area contributed by atoms with Crippen LogP contribution in [0.4, 0.5) is 11.4 Å². The second-order valence-corrected chi connectivity index (χ2v) is 14.1. The van der Waals surface area contributed by atoms with Gasteiger partial charge in [0.2, 0.25) is 12.2 Å². The summed E-state index contributed by atoms with van der Waals surface area (Å²) in [6, 6.07) is 11.7. The van der Waals surface area contributed by atoms with E-state index in [1.807, 2.05) is 73.6 Å². The van der Waals surface area contributed by atoms with Crippen LogP contribution in [0.25, 0.3) is 0 Å². The Hall–Kier alpha value is -3.08. The number of carbonyl (C=O) groups is 3. The first kappa shape index (κ1) is 32.3. The summed E-state index contributed by atoms with van der Waals surface area (Å²) in [6.45, 7) is 12.2. The Balaban J connectivity index is 1.53. The Kier molecular flexibility index (Phi) is 8.83. The van der Waals surface area contributed by atoms with Gasteiger partial charge in [-0.15, -0.1) is 0 Å². The molecular formula is C34H37Br2N2O6+. The van der Waals surface area contributed by atoms with Crippen molar-refractivity contribution in [1.29, 1.82) is 0 Å². The molecule has 5 rings (SSSR count). The van der Waals surface area contributed by atoms with Crippen molar-refractivity contribution in [2.45, 2.75) is 58.5 Å². The highest BCUT2D eigenvalue weighted by atomic mass is 79.9. The van der Waals surface area contributed by atoms with Crippen LogP contribution in [0.15, 0.2) is 68.8 Å². The number of hydrogen-bond donors (Lipinski definition) is 1. The Morgan fingerprint density at radius 3 is 2.20 bits per heavy atom. The van der Waals surface area contributed by atoms with Gasteiger partial charge in [-0.1, -0.05) is 51.8 Å². The molecule has 1 N–H and O–H groups in total. The first-order valence-corrected chi connectivity index (χ1v) is 16.3. The Labute approximate surface area is 274 Å². The molecule has 1 fully saturated rings. The number of ketones is 1. The molecule has 1 saturated carbocycles. The van der Waals surface area contributed by atoms with E-state index in [2.05, 4.69) is 31.9 Å². The van der Waals surface area contributed by atoms with Crippen molar-refractivity contribution >= 4 is 66.7 Å². The molecule has 0 radical (unpaired) electrons. The van der Waals surface area contributed by atoms with Gasteiger partial charge in [-0.2, -0.15) is 4.58 Å². The summed E-state index contributed by atoms with van der Waals surface area (Å²) in [5.41, 5.74) is 4.37. The van der Waals surface area contributed by atoms with E-state index in [1.54, 1.807) is 26.0 Å². The molecule has 2 atom stereocenters. The summed E-state index contributed by atoms with van der Waals surface area (Å²) in [7, 11) is 0. The smallest absolute Gasteiger partial charge is 0.372 e. The van der Waals surface area contributed by atoms with Gasteiger partial charge in [0.25, 0.3) is 0 Å². The van der Waals surface area contributed by atoms with Crippen LogP contribution in [-0.2, 0) is 34.7 Å². The average molecular weight is 729 g/mol. The highest BCUT2D eigenvalue weighted by Gasteiger charge is 2.51. The van der Waals surface area contributed by atoms with Gasteiger partial charge < -0.3 is 19.5 Å². The number of rotatable bonds is 8. The fraction of sp³-hybridized carbons (Fsp3) is 0.412. The number of benzene rings is 2. The molecule has 10 heteroatoms. The fourth-order valence-electron chi connectivity index (χ4n) is 6.49. The molecule has 0 aromatic heterocycles. The van der Waals surface area contributed by atoms with Crippen LogP contribution < -0.4 is 4.90 Å². The number of allylic oxidation sites excluding steroid dienone is 2. The zero-order chi connectivity index (χ0) is 32.1. The molecule has 2 aromatic carbocycles. The minimum atomic E-state index is -1.06. The first-order chi connectivity index (χ1) is 20.7. The number of hydrogen-bond acceptors (Lipinski definition) is 7. The molecule has 1 aliphatic carbocycles. The lowest BCUT2D eigenvalue weighted by atomic mass is 9.71. The lowest BCUT2D eigenvalue weighted by Crippen LogP contribution is -2.46. The fourth-order valence-corrected chi connectivity index (χ4v) is 7.21. The third-order valence-corrected chi connectivity index (χ3v) is 9.76. The standard InChI is InChI=1S/C34H37Br2N2O6/c1-7-43-29(39)17-37-25-11-9-19(35)13-23(25)33(3,4)27(37)15-21-31(41)22(32(21)42)16-28-34(5,6)24-14-20(36)10-12-26(24)38(28)18-30(40)44-8-2/h9-16,21,31,41H,7-8,17-18H2,1-6H3/q+1. The molecular weight excluding hydrogens is 692 g/mol. The van der Waals surface area contributed by atoms with E-state index in [9.17, 15) is 19.5 Å². The van der Waals surface area contributed by atoms with Gasteiger partial charge in [-0.3, -0.25) is 9.59 Å². The number of fused-ring (bicyclic) bond motifs is 2. The molecule has 2 aliphatic heterocycles. The van der Waals surface area contributed by atoms with Gasteiger partial charge in [0.05, 0.1) is 30.7 Å². The number of Topliss-reactive ketones (excluding diaryl/α,β-unsaturated/α-hetero) is 1. The molecule has 8 nitrogen and oxygen atoms in total. The van der Waals surface area contributed by atoms with E-state index in [1.165, 1.54) is 0 Å². The van der Waals surface area contributed by atoms with Crippen LogP contribution in [0.5, 0.6) is 0 Å². The molecule has 0 spiro atoms. The van der Waals surface area contributed by atoms with Gasteiger partial charge in [0.1, 0.15) is 6.54 Å². The van der Waals surface area contributed by atoms with Gasteiger partial charge in [-0.05, 0) is 63.6 Å². The molecule has 232 valence electrons. The van der Waals surface area contributed by atoms with E-state index in [0.29, 0.717) is 0 Å². The van der Waals surface area contributed by atoms with Crippen LogP contribution in [0.3, 0.4) is 0 Å². The van der Waals surface area contributed by atoms with E-state index in [4.69, 9.17) is 9.47 Å². The Morgan fingerprint density at radius 2 is 1.57 bits per heavy atom. The predicted molar refractivity (Wildman–Crippen MR) is 175 cm³/mol. The van der Waals surface area contributed by atoms with Crippen LogP contribution in [0, 0.1) is 5.92 Å². The van der Waals surface area contributed by atoms with E-state index < -0.39 is 22.9 Å². The SMILES string of the molecule is CCOC(=O)CN1C(=CC2C(=O)C(=CC3=[N+](CC(=O)OCC)c4ccc(Br)cc4C3(C)C)C2O)C(C)(C)c2cc(Br)ccc21. The number of anilines is 1. The highest BCUT2D eigenvalue weighted by molar-refractivity contribution is 9.10. The van der Waals surface area contributed by atoms with Crippen molar-refractivity contribution in [3.05, 3.63) is 79.9 Å². The molecule has 0 bridgehead atoms. The lowest BCUT2D eigenvalue weighted by Gasteiger charge is -2.35. The summed E-state index contributed by atoms with van der Waals surface area (Å²) in [5.74, 6) is -1.75. The Morgan fingerprint density at radius 1 is 0.955 bits per heavy atom. The molecule has 0 amide bonds. The largest absolute Gasteiger partial charge is 0.465 e. The minimum absolute atomic E-state index is 0.0137. The number of esters is 2. The van der Waals surface area contributed by atoms with Crippen LogP contribution in [0.1, 0.15) is 52.7 Å². The van der Waals surface area contributed by atoms with Crippen molar-refractivity contribution in [3.63, 3.8) is 0 Å². The molecule has 3 aliphatic rings. The number of nitrogens with zero attached hydrogens (tertiary/aromatic N) is 2. The molecule has 2 unspecified atom stereocenters. The summed E-state index contributed by atoms with van der Waals surface area (Å²) >= 11 is 7.12. The van der Waals surface area contributed by atoms with Crippen LogP contribution in [0.2, 0.25) is 0 Å². The molecule has 2 aromatic rings. The predicted octanol–water partition coefficient (Wildman–Crippen LogP) is 5.88. The number of halogens is 2. The van der Waals surface area contributed by atoms with Crippen molar-refractivity contribution < 1.29 is 33.5 Å². The molecule has 44 heavy (non-hydrogen) atoms. The van der Waals surface area contributed by atoms with Gasteiger partial charge in [0, 0.05) is 49.0 Å². The zero-order valence-corrected chi connectivity index (χ0v) is 28.9. The number of ether oxygens (including phenoxy) is 2. The molecule has 0 saturated heterocycles. The monoisotopic (exact) mass is 727 g/mol. The second kappa shape index (κ2) is 12.0. The van der Waals surface area contributed by atoms with Crippen molar-refractivity contribution in [1.82, 2.24) is 0 Å². The van der Waals surface area contributed by atoms with Gasteiger partial charge in [-0.25, -0.2) is 4.79 Å². The maximum Gasteiger partial charge on any atom is 0.372 e. The Bertz CT molecular complexity index is 1650. The molecule has 2 heterocycles. The summed E-state index contributed by atoms with van der Waals surface area (Å²) in [5, 5.41) is 11.4. The third kappa shape index (κ3) is 5.49. The number of aliphatic hydroxyl groups excluding tert-OH is 1. The van der Waals surface area contributed by atoms with Gasteiger partial charge in [0.15, 0.2) is 11.5 Å². The van der Waals surface area contributed by atoms with Crippen LogP contribution >= 0.6 is 31.9 Å². The maximum atomic E-state index is 13.8. The zero-order valence-electron chi connectivity index (χ0n) is 25.7. The third-order valence-electron chi connectivity index (χ3n) is 8.77. The maximum absolute atomic E-state index is 13.8. The highest BCUT2D eigenvalue weighted by Crippen LogP contribution is 2.50. The van der Waals surface area contributed by atoms with Crippen molar-refractivity contribution in [3.8, 4) is 0 Å². The second-order valence-electron chi connectivity index (χ2n) is 12.2. The quantitative estimate of drug-likeness (QED) is 0.206. The van der Waals surface area contributed by atoms with Crippen molar-refractivity contribution in [2.75, 3.05) is 31.2 Å². The summed E-state index contributed by atoms with van der Waals surface area (Å²) in [4.78, 5) is 40.9. The van der Waals surface area contributed by atoms with E-state index >= 15 is 0 Å². The first-order valence-electron chi connectivity index (χ1n) is 14.7. The van der Waals surface area contributed by atoms with Crippen molar-refractivity contribution in [2.24, 2.45) is 5.92 Å². The van der Waals surface area contributed by atoms with Crippen LogP contribution in [-0.4, -0.2) is 65.5 Å². The van der Waals surface area contributed by atoms with Gasteiger partial charge >= 0.3 is 11.9 Å². The average Bonchev–Trinajstić information content (AvgIpc) is 3.28. The number of carbonyl (C=O) groups excluding carboxylic acids is 3. The van der Waals surface area contributed by atoms with E-state index in [-0.39, 0.29) is 49.6 Å².